The molecular weight excluding hydrogens is 348 g/mol. The van der Waals surface area contributed by atoms with E-state index >= 15 is 0 Å². The minimum Gasteiger partial charge on any atom is -0.396 e. The van der Waals surface area contributed by atoms with Crippen molar-refractivity contribution in [2.45, 2.75) is 0 Å². The molecule has 0 radical (unpaired) electrons. The number of hydrogen-bond donors (Lipinski definition) is 1. The van der Waals surface area contributed by atoms with Gasteiger partial charge in [0.2, 0.25) is 5.78 Å². The van der Waals surface area contributed by atoms with Crippen molar-refractivity contribution in [2.24, 2.45) is 0 Å². The standard InChI is InChI=1S/C11H5BrClF2NOS/c12-5-2-9(18-11(5)13)10(17)4-1-8(16)7(15)3-6(4)14/h1-3H,16H2. The van der Waals surface area contributed by atoms with Gasteiger partial charge >= 0.3 is 0 Å². The third kappa shape index (κ3) is 2.41. The summed E-state index contributed by atoms with van der Waals surface area (Å²) in [6, 6.07) is 3.05. The molecule has 0 aliphatic rings. The number of thiophene rings is 1. The quantitative estimate of drug-likeness (QED) is 0.648. The van der Waals surface area contributed by atoms with Gasteiger partial charge < -0.3 is 5.73 Å². The predicted molar refractivity (Wildman–Crippen MR) is 71.2 cm³/mol. The molecule has 0 amide bonds. The smallest absolute Gasteiger partial charge is 0.206 e. The number of nitrogens with two attached hydrogens (primary N) is 1. The fourth-order valence-electron chi connectivity index (χ4n) is 1.33. The summed E-state index contributed by atoms with van der Waals surface area (Å²) in [5, 5.41) is 0. The van der Waals surface area contributed by atoms with E-state index in [4.69, 9.17) is 17.3 Å². The van der Waals surface area contributed by atoms with E-state index in [1.807, 2.05) is 0 Å². The summed E-state index contributed by atoms with van der Waals surface area (Å²) in [6.07, 6.45) is 0. The van der Waals surface area contributed by atoms with E-state index in [2.05, 4.69) is 15.9 Å². The monoisotopic (exact) mass is 351 g/mol. The molecule has 0 saturated carbocycles. The lowest BCUT2D eigenvalue weighted by atomic mass is 10.1. The molecule has 0 saturated heterocycles. The Morgan fingerprint density at radius 1 is 1.28 bits per heavy atom. The molecule has 1 heterocycles. The van der Waals surface area contributed by atoms with Crippen molar-refractivity contribution in [1.29, 1.82) is 0 Å². The van der Waals surface area contributed by atoms with E-state index in [1.165, 1.54) is 6.07 Å². The van der Waals surface area contributed by atoms with Crippen LogP contribution in [-0.2, 0) is 0 Å². The maximum atomic E-state index is 13.5. The zero-order valence-electron chi connectivity index (χ0n) is 8.64. The molecule has 94 valence electrons. The minimum atomic E-state index is -0.952. The van der Waals surface area contributed by atoms with Gasteiger partial charge in [0.15, 0.2) is 0 Å². The first-order valence-electron chi connectivity index (χ1n) is 4.64. The van der Waals surface area contributed by atoms with Crippen LogP contribution in [0.15, 0.2) is 22.7 Å². The summed E-state index contributed by atoms with van der Waals surface area (Å²) in [7, 11) is 0. The number of carbonyl (C=O) groups excluding carboxylic acids is 1. The highest BCUT2D eigenvalue weighted by Crippen LogP contribution is 2.33. The number of ketones is 1. The van der Waals surface area contributed by atoms with E-state index in [9.17, 15) is 13.6 Å². The van der Waals surface area contributed by atoms with E-state index in [1.54, 1.807) is 0 Å². The molecule has 2 N–H and O–H groups in total. The summed E-state index contributed by atoms with van der Waals surface area (Å²) >= 11 is 9.95. The van der Waals surface area contributed by atoms with Gasteiger partial charge in [0.1, 0.15) is 16.0 Å². The van der Waals surface area contributed by atoms with Gasteiger partial charge in [-0.05, 0) is 28.1 Å². The van der Waals surface area contributed by atoms with Gasteiger partial charge in [-0.1, -0.05) is 11.6 Å². The van der Waals surface area contributed by atoms with Gasteiger partial charge in [-0.25, -0.2) is 8.78 Å². The molecule has 1 aromatic heterocycles. The fraction of sp³-hybridized carbons (Fsp3) is 0. The molecular formula is C11H5BrClF2NOS. The van der Waals surface area contributed by atoms with Gasteiger partial charge in [0.05, 0.1) is 16.1 Å². The first-order chi connectivity index (χ1) is 8.40. The molecule has 0 fully saturated rings. The third-order valence-corrected chi connectivity index (χ3v) is 4.67. The maximum Gasteiger partial charge on any atom is 0.206 e. The minimum absolute atomic E-state index is 0.247. The Labute approximate surface area is 118 Å². The molecule has 1 aromatic carbocycles. The Morgan fingerprint density at radius 2 is 1.94 bits per heavy atom. The average molecular weight is 353 g/mol. The Hall–Kier alpha value is -0.980. The van der Waals surface area contributed by atoms with Crippen LogP contribution in [0.4, 0.5) is 14.5 Å². The van der Waals surface area contributed by atoms with Crippen molar-refractivity contribution in [3.63, 3.8) is 0 Å². The van der Waals surface area contributed by atoms with Crippen molar-refractivity contribution >= 4 is 50.3 Å². The molecule has 0 unspecified atom stereocenters. The zero-order chi connectivity index (χ0) is 13.4. The highest BCUT2D eigenvalue weighted by molar-refractivity contribution is 9.10. The predicted octanol–water partition coefficient (Wildman–Crippen LogP) is 4.26. The highest BCUT2D eigenvalue weighted by atomic mass is 79.9. The van der Waals surface area contributed by atoms with Crippen molar-refractivity contribution in [3.8, 4) is 0 Å². The van der Waals surface area contributed by atoms with Crippen molar-refractivity contribution in [2.75, 3.05) is 5.73 Å². The van der Waals surface area contributed by atoms with E-state index < -0.39 is 17.4 Å². The molecule has 0 aliphatic heterocycles. The number of carbonyl (C=O) groups is 1. The van der Waals surface area contributed by atoms with Crippen LogP contribution in [0.25, 0.3) is 0 Å². The normalized spacial score (nSPS) is 10.7. The van der Waals surface area contributed by atoms with Crippen LogP contribution in [0.1, 0.15) is 15.2 Å². The second-order valence-electron chi connectivity index (χ2n) is 3.41. The highest BCUT2D eigenvalue weighted by Gasteiger charge is 2.19. The number of halogens is 4. The number of anilines is 1. The molecule has 2 nitrogen and oxygen atoms in total. The van der Waals surface area contributed by atoms with Gasteiger partial charge in [-0.3, -0.25) is 4.79 Å². The summed E-state index contributed by atoms with van der Waals surface area (Å²) in [5.41, 5.74) is 4.76. The molecule has 0 atom stereocenters. The molecule has 0 aliphatic carbocycles. The second kappa shape index (κ2) is 4.95. The maximum absolute atomic E-state index is 13.5. The summed E-state index contributed by atoms with van der Waals surface area (Å²) in [5.74, 6) is -2.43. The molecule has 7 heteroatoms. The van der Waals surface area contributed by atoms with E-state index in [0.29, 0.717) is 14.9 Å². The number of benzene rings is 1. The molecule has 18 heavy (non-hydrogen) atoms. The molecule has 0 spiro atoms. The number of nitrogen functional groups attached to an aromatic ring is 1. The number of rotatable bonds is 2. The summed E-state index contributed by atoms with van der Waals surface area (Å²) < 4.78 is 27.4. The lowest BCUT2D eigenvalue weighted by Crippen LogP contribution is -2.05. The van der Waals surface area contributed by atoms with Crippen LogP contribution in [0.5, 0.6) is 0 Å². The summed E-state index contributed by atoms with van der Waals surface area (Å²) in [6.45, 7) is 0. The van der Waals surface area contributed by atoms with E-state index in [-0.39, 0.29) is 16.1 Å². The van der Waals surface area contributed by atoms with Crippen molar-refractivity contribution in [3.05, 3.63) is 49.1 Å². The van der Waals surface area contributed by atoms with Gasteiger partial charge in [0.25, 0.3) is 0 Å². The molecule has 0 bridgehead atoms. The first-order valence-corrected chi connectivity index (χ1v) is 6.63. The topological polar surface area (TPSA) is 43.1 Å². The van der Waals surface area contributed by atoms with Crippen LogP contribution in [-0.4, -0.2) is 5.78 Å². The van der Waals surface area contributed by atoms with Crippen molar-refractivity contribution < 1.29 is 13.6 Å². The van der Waals surface area contributed by atoms with Crippen molar-refractivity contribution in [1.82, 2.24) is 0 Å². The largest absolute Gasteiger partial charge is 0.396 e. The average Bonchev–Trinajstić information content (AvgIpc) is 2.63. The first kappa shape index (κ1) is 13.5. The van der Waals surface area contributed by atoms with E-state index in [0.717, 1.165) is 17.4 Å². The van der Waals surface area contributed by atoms with Gasteiger partial charge in [0, 0.05) is 10.5 Å². The van der Waals surface area contributed by atoms with Gasteiger partial charge in [-0.2, -0.15) is 0 Å². The lowest BCUT2D eigenvalue weighted by molar-refractivity contribution is 0.103. The zero-order valence-corrected chi connectivity index (χ0v) is 11.8. The van der Waals surface area contributed by atoms with Crippen LogP contribution < -0.4 is 5.73 Å². The SMILES string of the molecule is Nc1cc(C(=O)c2cc(Br)c(Cl)s2)c(F)cc1F. The Kier molecular flexibility index (Phi) is 3.70. The number of hydrogen-bond acceptors (Lipinski definition) is 3. The second-order valence-corrected chi connectivity index (χ2v) is 5.92. The van der Waals surface area contributed by atoms with Crippen LogP contribution in [0.3, 0.4) is 0 Å². The Bertz CT molecular complexity index is 625. The lowest BCUT2D eigenvalue weighted by Gasteiger charge is -2.03. The van der Waals surface area contributed by atoms with Crippen LogP contribution in [0.2, 0.25) is 4.34 Å². The Morgan fingerprint density at radius 3 is 2.50 bits per heavy atom. The molecule has 2 aromatic rings. The van der Waals surface area contributed by atoms with Gasteiger partial charge in [-0.15, -0.1) is 11.3 Å². The van der Waals surface area contributed by atoms with Crippen LogP contribution in [0, 0.1) is 11.6 Å². The fourth-order valence-corrected chi connectivity index (χ4v) is 2.99. The summed E-state index contributed by atoms with van der Waals surface area (Å²) in [4.78, 5) is 12.3. The third-order valence-electron chi connectivity index (χ3n) is 2.20. The molecule has 2 rings (SSSR count). The Balaban J connectivity index is 2.49. The van der Waals surface area contributed by atoms with Crippen LogP contribution >= 0.6 is 38.9 Å².